The van der Waals surface area contributed by atoms with Crippen molar-refractivity contribution in [1.29, 1.82) is 0 Å². The van der Waals surface area contributed by atoms with Crippen LogP contribution in [0.2, 0.25) is 0 Å². The third-order valence-corrected chi connectivity index (χ3v) is 4.76. The van der Waals surface area contributed by atoms with Gasteiger partial charge in [0.2, 0.25) is 0 Å². The van der Waals surface area contributed by atoms with E-state index in [1.807, 2.05) is 11.3 Å². The molecule has 1 aromatic heterocycles. The summed E-state index contributed by atoms with van der Waals surface area (Å²) in [6.07, 6.45) is 3.37. The second-order valence-corrected chi connectivity index (χ2v) is 6.80. The van der Waals surface area contributed by atoms with Crippen LogP contribution in [0.25, 0.3) is 0 Å². The normalized spacial score (nSPS) is 17.3. The zero-order chi connectivity index (χ0) is 13.7. The summed E-state index contributed by atoms with van der Waals surface area (Å²) in [5.74, 6) is 1.30. The highest BCUT2D eigenvalue weighted by atomic mass is 32.1. The highest BCUT2D eigenvalue weighted by Crippen LogP contribution is 2.32. The quantitative estimate of drug-likeness (QED) is 0.869. The molecule has 1 aliphatic heterocycles. The lowest BCUT2D eigenvalue weighted by Crippen LogP contribution is -2.14. The molecule has 0 aromatic carbocycles. The molecule has 1 fully saturated rings. The molecule has 1 N–H and O–H groups in total. The smallest absolute Gasteiger partial charge is 0.0964 e. The number of thiazole rings is 1. The summed E-state index contributed by atoms with van der Waals surface area (Å²) in [7, 11) is 0. The first-order valence-electron chi connectivity index (χ1n) is 7.47. The van der Waals surface area contributed by atoms with Gasteiger partial charge in [-0.2, -0.15) is 0 Å². The summed E-state index contributed by atoms with van der Waals surface area (Å²) in [5, 5.41) is 4.78. The second-order valence-electron chi connectivity index (χ2n) is 5.69. The molecule has 4 heteroatoms. The van der Waals surface area contributed by atoms with E-state index < -0.39 is 0 Å². The van der Waals surface area contributed by atoms with Crippen LogP contribution in [0.15, 0.2) is 0 Å². The van der Waals surface area contributed by atoms with Crippen LogP contribution in [0.1, 0.15) is 55.1 Å². The van der Waals surface area contributed by atoms with Gasteiger partial charge < -0.3 is 10.1 Å². The minimum atomic E-state index is 0.625. The molecule has 1 aliphatic rings. The zero-order valence-electron chi connectivity index (χ0n) is 12.4. The molecule has 0 radical (unpaired) electrons. The standard InChI is InChI=1S/C15H26N2OS/c1-4-16-10-14-13(9-11(2)3)17-15(19-14)12-5-7-18-8-6-12/h11-12,16H,4-10H2,1-3H3. The van der Waals surface area contributed by atoms with Gasteiger partial charge in [-0.3, -0.25) is 0 Å². The molecule has 108 valence electrons. The van der Waals surface area contributed by atoms with Gasteiger partial charge in [-0.1, -0.05) is 20.8 Å². The molecule has 3 nitrogen and oxygen atoms in total. The Morgan fingerprint density at radius 3 is 2.74 bits per heavy atom. The maximum Gasteiger partial charge on any atom is 0.0964 e. The molecule has 0 spiro atoms. The van der Waals surface area contributed by atoms with Gasteiger partial charge in [0.1, 0.15) is 0 Å². The maximum absolute atomic E-state index is 5.45. The van der Waals surface area contributed by atoms with Crippen LogP contribution in [-0.4, -0.2) is 24.7 Å². The van der Waals surface area contributed by atoms with Crippen molar-refractivity contribution in [3.05, 3.63) is 15.6 Å². The third-order valence-electron chi connectivity index (χ3n) is 3.50. The van der Waals surface area contributed by atoms with Crippen molar-refractivity contribution >= 4 is 11.3 Å². The average molecular weight is 282 g/mol. The third kappa shape index (κ3) is 4.26. The first-order chi connectivity index (χ1) is 9.20. The fourth-order valence-corrected chi connectivity index (χ4v) is 3.68. The Morgan fingerprint density at radius 1 is 1.37 bits per heavy atom. The highest BCUT2D eigenvalue weighted by molar-refractivity contribution is 7.11. The van der Waals surface area contributed by atoms with E-state index in [0.29, 0.717) is 11.8 Å². The summed E-state index contributed by atoms with van der Waals surface area (Å²) in [6.45, 7) is 10.5. The molecule has 0 amide bonds. The molecule has 0 aliphatic carbocycles. The van der Waals surface area contributed by atoms with Crippen LogP contribution in [0, 0.1) is 5.92 Å². The number of hydrogen-bond donors (Lipinski definition) is 1. The number of hydrogen-bond acceptors (Lipinski definition) is 4. The number of rotatable bonds is 6. The van der Waals surface area contributed by atoms with Gasteiger partial charge in [-0.05, 0) is 31.7 Å². The molecule has 19 heavy (non-hydrogen) atoms. The Kier molecular flexibility index (Phi) is 5.79. The Morgan fingerprint density at radius 2 is 2.11 bits per heavy atom. The van der Waals surface area contributed by atoms with Crippen LogP contribution in [0.4, 0.5) is 0 Å². The molecular weight excluding hydrogens is 256 g/mol. The van der Waals surface area contributed by atoms with E-state index in [0.717, 1.165) is 45.6 Å². The van der Waals surface area contributed by atoms with E-state index in [9.17, 15) is 0 Å². The van der Waals surface area contributed by atoms with E-state index >= 15 is 0 Å². The summed E-state index contributed by atoms with van der Waals surface area (Å²) in [6, 6.07) is 0. The molecule has 2 heterocycles. The summed E-state index contributed by atoms with van der Waals surface area (Å²) >= 11 is 1.92. The highest BCUT2D eigenvalue weighted by Gasteiger charge is 2.21. The molecule has 1 saturated heterocycles. The molecule has 0 unspecified atom stereocenters. The molecular formula is C15H26N2OS. The van der Waals surface area contributed by atoms with Gasteiger partial charge in [0, 0.05) is 30.6 Å². The number of nitrogens with zero attached hydrogens (tertiary/aromatic N) is 1. The maximum atomic E-state index is 5.45. The van der Waals surface area contributed by atoms with Gasteiger partial charge in [-0.15, -0.1) is 11.3 Å². The van der Waals surface area contributed by atoms with Crippen molar-refractivity contribution < 1.29 is 4.74 Å². The van der Waals surface area contributed by atoms with Crippen molar-refractivity contribution in [3.8, 4) is 0 Å². The Balaban J connectivity index is 2.12. The van der Waals surface area contributed by atoms with Gasteiger partial charge >= 0.3 is 0 Å². The van der Waals surface area contributed by atoms with Crippen LogP contribution in [0.5, 0.6) is 0 Å². The summed E-state index contributed by atoms with van der Waals surface area (Å²) in [4.78, 5) is 6.39. The lowest BCUT2D eigenvalue weighted by Gasteiger charge is -2.19. The lowest BCUT2D eigenvalue weighted by atomic mass is 10.0. The first kappa shape index (κ1) is 14.9. The molecule has 1 aromatic rings. The van der Waals surface area contributed by atoms with E-state index in [1.165, 1.54) is 15.6 Å². The monoisotopic (exact) mass is 282 g/mol. The molecule has 2 rings (SSSR count). The van der Waals surface area contributed by atoms with Crippen molar-refractivity contribution in [2.45, 2.75) is 52.5 Å². The summed E-state index contributed by atoms with van der Waals surface area (Å²) in [5.41, 5.74) is 1.32. The Hall–Kier alpha value is -0.450. The van der Waals surface area contributed by atoms with Crippen LogP contribution < -0.4 is 5.32 Å². The van der Waals surface area contributed by atoms with Crippen LogP contribution >= 0.6 is 11.3 Å². The van der Waals surface area contributed by atoms with Gasteiger partial charge in [0.25, 0.3) is 0 Å². The predicted molar refractivity (Wildman–Crippen MR) is 80.8 cm³/mol. The minimum Gasteiger partial charge on any atom is -0.381 e. The van der Waals surface area contributed by atoms with Gasteiger partial charge in [0.15, 0.2) is 0 Å². The van der Waals surface area contributed by atoms with Crippen LogP contribution in [0.3, 0.4) is 0 Å². The zero-order valence-corrected chi connectivity index (χ0v) is 13.2. The number of nitrogens with one attached hydrogen (secondary N) is 1. The predicted octanol–water partition coefficient (Wildman–Crippen LogP) is 3.35. The fraction of sp³-hybridized carbons (Fsp3) is 0.800. The van der Waals surface area contributed by atoms with Crippen molar-refractivity contribution in [2.24, 2.45) is 5.92 Å². The molecule has 0 bridgehead atoms. The van der Waals surface area contributed by atoms with Gasteiger partial charge in [-0.25, -0.2) is 4.98 Å². The van der Waals surface area contributed by atoms with E-state index in [2.05, 4.69) is 26.1 Å². The molecule has 0 atom stereocenters. The Bertz CT molecular complexity index is 383. The number of aromatic nitrogens is 1. The first-order valence-corrected chi connectivity index (χ1v) is 8.29. The fourth-order valence-electron chi connectivity index (χ4n) is 2.45. The SMILES string of the molecule is CCNCc1sc(C2CCOCC2)nc1CC(C)C. The largest absolute Gasteiger partial charge is 0.381 e. The topological polar surface area (TPSA) is 34.1 Å². The summed E-state index contributed by atoms with van der Waals surface area (Å²) < 4.78 is 5.45. The van der Waals surface area contributed by atoms with E-state index in [1.54, 1.807) is 0 Å². The van der Waals surface area contributed by atoms with Crippen molar-refractivity contribution in [2.75, 3.05) is 19.8 Å². The number of ether oxygens (including phenoxy) is 1. The lowest BCUT2D eigenvalue weighted by molar-refractivity contribution is 0.0852. The van der Waals surface area contributed by atoms with Crippen molar-refractivity contribution in [1.82, 2.24) is 10.3 Å². The Labute approximate surface area is 120 Å². The van der Waals surface area contributed by atoms with Gasteiger partial charge in [0.05, 0.1) is 10.7 Å². The van der Waals surface area contributed by atoms with E-state index in [4.69, 9.17) is 9.72 Å². The van der Waals surface area contributed by atoms with Crippen LogP contribution in [-0.2, 0) is 17.7 Å². The second kappa shape index (κ2) is 7.36. The molecule has 0 saturated carbocycles. The average Bonchev–Trinajstić information content (AvgIpc) is 2.80. The van der Waals surface area contributed by atoms with Crippen molar-refractivity contribution in [3.63, 3.8) is 0 Å². The minimum absolute atomic E-state index is 0.625. The van der Waals surface area contributed by atoms with E-state index in [-0.39, 0.29) is 0 Å².